The van der Waals surface area contributed by atoms with E-state index in [2.05, 4.69) is 66.2 Å². The van der Waals surface area contributed by atoms with E-state index in [1.807, 2.05) is 38.1 Å². The molecule has 3 aromatic rings. The second kappa shape index (κ2) is 13.2. The van der Waals surface area contributed by atoms with Gasteiger partial charge >= 0.3 is 0 Å². The minimum atomic E-state index is -0.0140. The lowest BCUT2D eigenvalue weighted by atomic mass is 9.76. The van der Waals surface area contributed by atoms with Crippen LogP contribution in [0.4, 0.5) is 23.1 Å². The van der Waals surface area contributed by atoms with E-state index < -0.39 is 0 Å². The summed E-state index contributed by atoms with van der Waals surface area (Å²) >= 11 is 8.16. The Hall–Kier alpha value is -2.78. The van der Waals surface area contributed by atoms with Crippen molar-refractivity contribution in [3.8, 4) is 5.75 Å². The molecule has 1 unspecified atom stereocenters. The van der Waals surface area contributed by atoms with Crippen LogP contribution in [-0.4, -0.2) is 51.1 Å². The molecule has 1 atom stereocenters. The summed E-state index contributed by atoms with van der Waals surface area (Å²) in [4.78, 5) is 12.5. The van der Waals surface area contributed by atoms with Crippen molar-refractivity contribution in [2.24, 2.45) is 5.92 Å². The Bertz CT molecular complexity index is 1440. The van der Waals surface area contributed by atoms with E-state index in [4.69, 9.17) is 16.3 Å². The number of ether oxygens (including phenoxy) is 1. The summed E-state index contributed by atoms with van der Waals surface area (Å²) in [6, 6.07) is 12.4. The van der Waals surface area contributed by atoms with Gasteiger partial charge in [-0.3, -0.25) is 10.1 Å². The molecule has 0 radical (unpaired) electrons. The number of thioether (sulfide) groups is 1. The first-order valence-electron chi connectivity index (χ1n) is 14.9. The molecule has 5 rings (SSSR count). The second-order valence-corrected chi connectivity index (χ2v) is 13.9. The summed E-state index contributed by atoms with van der Waals surface area (Å²) in [5.74, 6) is 2.01. The molecule has 0 bridgehead atoms. The molecule has 2 aromatic carbocycles. The topological polar surface area (TPSA) is 73.8 Å². The number of anilines is 4. The normalized spacial score (nSPS) is 17.8. The Balaban J connectivity index is 1.46. The van der Waals surface area contributed by atoms with Gasteiger partial charge in [-0.15, -0.1) is 11.8 Å². The van der Waals surface area contributed by atoms with Crippen molar-refractivity contribution in [2.75, 3.05) is 24.0 Å². The van der Waals surface area contributed by atoms with Crippen molar-refractivity contribution < 1.29 is 9.94 Å². The highest BCUT2D eigenvalue weighted by atomic mass is 35.5. The van der Waals surface area contributed by atoms with Crippen molar-refractivity contribution in [2.45, 2.75) is 82.6 Å². The van der Waals surface area contributed by atoms with Crippen molar-refractivity contribution in [3.63, 3.8) is 0 Å². The van der Waals surface area contributed by atoms with Gasteiger partial charge in [0, 0.05) is 22.7 Å². The second-order valence-electron chi connectivity index (χ2n) is 11.9. The van der Waals surface area contributed by atoms with Crippen LogP contribution in [0.1, 0.15) is 64.5 Å². The van der Waals surface area contributed by atoms with Crippen molar-refractivity contribution in [3.05, 3.63) is 64.8 Å². The van der Waals surface area contributed by atoms with E-state index in [1.54, 1.807) is 11.8 Å². The van der Waals surface area contributed by atoms with Crippen molar-refractivity contribution in [1.82, 2.24) is 14.9 Å². The van der Waals surface area contributed by atoms with Gasteiger partial charge in [0.15, 0.2) is 5.82 Å². The molecule has 224 valence electrons. The van der Waals surface area contributed by atoms with Gasteiger partial charge in [0.05, 0.1) is 23.7 Å². The molecule has 1 aliphatic carbocycles. The molecular weight excluding hydrogens is 566 g/mol. The summed E-state index contributed by atoms with van der Waals surface area (Å²) in [5, 5.41) is 16.2. The van der Waals surface area contributed by atoms with E-state index in [0.29, 0.717) is 22.9 Å². The van der Waals surface area contributed by atoms with E-state index in [-0.39, 0.29) is 16.9 Å². The zero-order chi connectivity index (χ0) is 30.0. The van der Waals surface area contributed by atoms with Crippen molar-refractivity contribution >= 4 is 52.1 Å². The molecule has 7 nitrogen and oxygen atoms in total. The van der Waals surface area contributed by atoms with Crippen LogP contribution in [0, 0.1) is 12.8 Å². The predicted molar refractivity (Wildman–Crippen MR) is 175 cm³/mol. The molecule has 0 amide bonds. The number of aryl methyl sites for hydroxylation is 1. The van der Waals surface area contributed by atoms with Crippen LogP contribution in [-0.2, 0) is 0 Å². The monoisotopic (exact) mass is 607 g/mol. The maximum absolute atomic E-state index is 11.2. The van der Waals surface area contributed by atoms with E-state index in [0.717, 1.165) is 45.8 Å². The standard InChI is InChI=1S/C33H42ClN5O2S/c1-20(2)41-30-18-25(24-14-15-38(6)29(17-24)23-10-9-11-23)22(5)16-27(30)36-33-35-19-26(34)32(37-33)39(40)28-12-7-8-13-31(28)42-21(3)4/h7-8,12-13,16-21,23,29,40H,9-11,14-15H2,1-6H3,(H,35,36,37). The van der Waals surface area contributed by atoms with Crippen LogP contribution in [0.5, 0.6) is 5.75 Å². The number of nitrogens with zero attached hydrogens (tertiary/aromatic N) is 4. The quantitative estimate of drug-likeness (QED) is 0.175. The Morgan fingerprint density at radius 3 is 2.62 bits per heavy atom. The molecule has 1 saturated carbocycles. The molecule has 9 heteroatoms. The number of nitrogens with one attached hydrogen (secondary N) is 1. The summed E-state index contributed by atoms with van der Waals surface area (Å²) in [6.45, 7) is 11.5. The first-order chi connectivity index (χ1) is 20.1. The Kier molecular flexibility index (Phi) is 9.67. The first kappa shape index (κ1) is 30.7. The maximum Gasteiger partial charge on any atom is 0.229 e. The number of hydrogen-bond acceptors (Lipinski definition) is 8. The van der Waals surface area contributed by atoms with Gasteiger partial charge in [0.2, 0.25) is 5.95 Å². The highest BCUT2D eigenvalue weighted by Crippen LogP contribution is 2.41. The van der Waals surface area contributed by atoms with Gasteiger partial charge in [0.25, 0.3) is 0 Å². The fourth-order valence-corrected chi connectivity index (χ4v) is 6.75. The molecular formula is C33H42ClN5O2S. The summed E-state index contributed by atoms with van der Waals surface area (Å²) < 4.78 is 6.31. The Morgan fingerprint density at radius 2 is 1.93 bits per heavy atom. The maximum atomic E-state index is 11.2. The number of benzene rings is 2. The molecule has 0 saturated heterocycles. The van der Waals surface area contributed by atoms with E-state index >= 15 is 0 Å². The van der Waals surface area contributed by atoms with E-state index in [9.17, 15) is 5.21 Å². The molecule has 2 aliphatic rings. The number of aromatic nitrogens is 2. The Labute approximate surface area is 259 Å². The number of rotatable bonds is 10. The van der Waals surface area contributed by atoms with Gasteiger partial charge in [-0.1, -0.05) is 50.1 Å². The summed E-state index contributed by atoms with van der Waals surface area (Å²) in [5.41, 5.74) is 5.16. The summed E-state index contributed by atoms with van der Waals surface area (Å²) in [7, 11) is 2.25. The van der Waals surface area contributed by atoms with Crippen molar-refractivity contribution in [1.29, 1.82) is 0 Å². The third-order valence-corrected chi connectivity index (χ3v) is 9.25. The van der Waals surface area contributed by atoms with E-state index in [1.165, 1.54) is 36.6 Å². The number of halogens is 1. The minimum Gasteiger partial charge on any atom is -0.489 e. The van der Waals surface area contributed by atoms with Crippen LogP contribution < -0.4 is 15.1 Å². The average molecular weight is 608 g/mol. The molecule has 1 aromatic heterocycles. The lowest BCUT2D eigenvalue weighted by Crippen LogP contribution is -2.42. The highest BCUT2D eigenvalue weighted by Gasteiger charge is 2.31. The smallest absolute Gasteiger partial charge is 0.229 e. The third-order valence-electron chi connectivity index (χ3n) is 7.91. The number of para-hydroxylation sites is 1. The molecule has 1 aliphatic heterocycles. The molecule has 2 heterocycles. The Morgan fingerprint density at radius 1 is 1.17 bits per heavy atom. The van der Waals surface area contributed by atoms with Crippen LogP contribution in [0.15, 0.2) is 53.6 Å². The molecule has 1 fully saturated rings. The fraction of sp³-hybridized carbons (Fsp3) is 0.455. The zero-order valence-corrected chi connectivity index (χ0v) is 27.0. The lowest BCUT2D eigenvalue weighted by Gasteiger charge is -2.41. The van der Waals surface area contributed by atoms with Crippen LogP contribution in [0.2, 0.25) is 5.02 Å². The zero-order valence-electron chi connectivity index (χ0n) is 25.4. The van der Waals surface area contributed by atoms with Gasteiger partial charge in [0.1, 0.15) is 10.8 Å². The van der Waals surface area contributed by atoms with Gasteiger partial charge in [-0.2, -0.15) is 4.98 Å². The number of likely N-dealkylation sites (N-methyl/N-ethyl adjacent to an activating group) is 1. The van der Waals surface area contributed by atoms with Gasteiger partial charge < -0.3 is 10.1 Å². The predicted octanol–water partition coefficient (Wildman–Crippen LogP) is 8.88. The average Bonchev–Trinajstić information content (AvgIpc) is 2.91. The number of hydrogen-bond donors (Lipinski definition) is 2. The molecule has 2 N–H and O–H groups in total. The highest BCUT2D eigenvalue weighted by molar-refractivity contribution is 8.00. The largest absolute Gasteiger partial charge is 0.489 e. The third kappa shape index (κ3) is 6.88. The molecule has 42 heavy (non-hydrogen) atoms. The van der Waals surface area contributed by atoms with Gasteiger partial charge in [-0.25, -0.2) is 10.0 Å². The van der Waals surface area contributed by atoms with Crippen LogP contribution >= 0.6 is 23.4 Å². The van der Waals surface area contributed by atoms with Crippen LogP contribution in [0.25, 0.3) is 5.57 Å². The van der Waals surface area contributed by atoms with Crippen LogP contribution in [0.3, 0.4) is 0 Å². The minimum absolute atomic E-state index is 0.0140. The first-order valence-corrected chi connectivity index (χ1v) is 16.1. The lowest BCUT2D eigenvalue weighted by molar-refractivity contribution is 0.149. The SMILES string of the molecule is Cc1cc(Nc2ncc(Cl)c(N(O)c3ccccc3SC(C)C)n2)c(OC(C)C)cc1C1=CC(C2CCC2)N(C)CC1. The molecule has 0 spiro atoms. The summed E-state index contributed by atoms with van der Waals surface area (Å²) in [6.07, 6.45) is 8.97. The fourth-order valence-electron chi connectivity index (χ4n) is 5.63. The van der Waals surface area contributed by atoms with Gasteiger partial charge in [-0.05, 0) is 94.0 Å².